The summed E-state index contributed by atoms with van der Waals surface area (Å²) in [7, 11) is 0. The lowest BCUT2D eigenvalue weighted by Crippen LogP contribution is -2.57. The Morgan fingerprint density at radius 3 is 2.76 bits per heavy atom. The molecule has 1 saturated carbocycles. The first-order valence-electron chi connectivity index (χ1n) is 13.4. The van der Waals surface area contributed by atoms with Gasteiger partial charge in [-0.2, -0.15) is 0 Å². The summed E-state index contributed by atoms with van der Waals surface area (Å²) >= 11 is 0. The van der Waals surface area contributed by atoms with Crippen LogP contribution in [0.25, 0.3) is 44.2 Å². The minimum atomic E-state index is -0.898. The number of aliphatic hydroxyl groups is 1. The van der Waals surface area contributed by atoms with E-state index in [1.165, 1.54) is 12.0 Å². The number of aromatic nitrogens is 5. The van der Waals surface area contributed by atoms with Crippen molar-refractivity contribution < 1.29 is 5.11 Å². The Hall–Kier alpha value is -3.46. The van der Waals surface area contributed by atoms with Crippen molar-refractivity contribution in [3.05, 3.63) is 60.2 Å². The molecule has 3 atom stereocenters. The van der Waals surface area contributed by atoms with Crippen molar-refractivity contribution in [3.63, 3.8) is 0 Å². The van der Waals surface area contributed by atoms with Crippen molar-refractivity contribution >= 4 is 32.8 Å². The average molecular weight is 492 g/mol. The van der Waals surface area contributed by atoms with E-state index < -0.39 is 5.60 Å². The predicted octanol–water partition coefficient (Wildman–Crippen LogP) is 4.12. The number of H-pyrrole nitrogens is 1. The van der Waals surface area contributed by atoms with Crippen LogP contribution in [0.1, 0.15) is 55.3 Å². The molecular formula is C29H29N7O. The molecule has 2 saturated heterocycles. The van der Waals surface area contributed by atoms with Gasteiger partial charge in [0.15, 0.2) is 5.82 Å². The van der Waals surface area contributed by atoms with Crippen LogP contribution in [-0.4, -0.2) is 54.8 Å². The third kappa shape index (κ3) is 3.13. The monoisotopic (exact) mass is 491 g/mol. The molecule has 186 valence electrons. The number of aromatic amines is 1. The van der Waals surface area contributed by atoms with Crippen LogP contribution in [0.4, 0.5) is 0 Å². The van der Waals surface area contributed by atoms with Crippen molar-refractivity contribution in [2.45, 2.75) is 55.7 Å². The molecule has 4 aromatic heterocycles. The maximum absolute atomic E-state index is 12.0. The molecule has 0 bridgehead atoms. The van der Waals surface area contributed by atoms with Crippen LogP contribution < -0.4 is 10.6 Å². The fourth-order valence-electron chi connectivity index (χ4n) is 6.83. The molecule has 8 nitrogen and oxygen atoms in total. The number of benzene rings is 1. The molecule has 37 heavy (non-hydrogen) atoms. The van der Waals surface area contributed by atoms with Crippen molar-refractivity contribution in [2.75, 3.05) is 13.1 Å². The lowest BCUT2D eigenvalue weighted by Gasteiger charge is -2.42. The van der Waals surface area contributed by atoms with Gasteiger partial charge in [-0.15, -0.1) is 0 Å². The highest BCUT2D eigenvalue weighted by Crippen LogP contribution is 2.45. The summed E-state index contributed by atoms with van der Waals surface area (Å²) in [6, 6.07) is 10.0. The predicted molar refractivity (Wildman–Crippen MR) is 143 cm³/mol. The molecule has 3 fully saturated rings. The largest absolute Gasteiger partial charge is 0.386 e. The van der Waals surface area contributed by atoms with Crippen LogP contribution in [0.3, 0.4) is 0 Å². The molecule has 8 rings (SSSR count). The summed E-state index contributed by atoms with van der Waals surface area (Å²) in [4.78, 5) is 23.1. The van der Waals surface area contributed by atoms with Gasteiger partial charge in [-0.05, 0) is 62.4 Å². The second-order valence-electron chi connectivity index (χ2n) is 10.9. The zero-order chi connectivity index (χ0) is 24.6. The Labute approximate surface area is 214 Å². The first kappa shape index (κ1) is 21.6. The number of nitrogens with one attached hydrogen (secondary N) is 3. The first-order valence-corrected chi connectivity index (χ1v) is 13.4. The number of piperidine rings is 1. The van der Waals surface area contributed by atoms with E-state index in [9.17, 15) is 5.11 Å². The van der Waals surface area contributed by atoms with E-state index in [1.807, 2.05) is 36.8 Å². The van der Waals surface area contributed by atoms with Gasteiger partial charge in [0, 0.05) is 45.7 Å². The van der Waals surface area contributed by atoms with Gasteiger partial charge in [0.25, 0.3) is 0 Å². The lowest BCUT2D eigenvalue weighted by molar-refractivity contribution is -0.0296. The Morgan fingerprint density at radius 2 is 1.86 bits per heavy atom. The number of hydrogen-bond donors (Lipinski definition) is 4. The van der Waals surface area contributed by atoms with Gasteiger partial charge in [0.2, 0.25) is 0 Å². The highest BCUT2D eigenvalue weighted by Gasteiger charge is 2.51. The van der Waals surface area contributed by atoms with Gasteiger partial charge in [-0.3, -0.25) is 4.98 Å². The molecule has 6 heterocycles. The Kier molecular flexibility index (Phi) is 4.68. The SMILES string of the molecule is O[C@@]12CCN[C@H]1CCNC2c1nc(-c2ccnc3[nH]c4ccccc4c23)nc2cncc(C3CCC3)c12. The summed E-state index contributed by atoms with van der Waals surface area (Å²) < 4.78 is 0. The van der Waals surface area contributed by atoms with Crippen molar-refractivity contribution in [1.29, 1.82) is 0 Å². The summed E-state index contributed by atoms with van der Waals surface area (Å²) in [6.45, 7) is 1.64. The molecule has 1 unspecified atom stereocenters. The lowest BCUT2D eigenvalue weighted by atomic mass is 9.76. The quantitative estimate of drug-likeness (QED) is 0.300. The molecule has 1 aliphatic carbocycles. The van der Waals surface area contributed by atoms with Gasteiger partial charge in [0.05, 0.1) is 23.4 Å². The number of fused-ring (bicyclic) bond motifs is 5. The highest BCUT2D eigenvalue weighted by molar-refractivity contribution is 6.12. The summed E-state index contributed by atoms with van der Waals surface area (Å²) in [6.07, 6.45) is 10.8. The molecule has 0 radical (unpaired) electrons. The molecule has 8 heteroatoms. The van der Waals surface area contributed by atoms with Crippen LogP contribution in [0.2, 0.25) is 0 Å². The van der Waals surface area contributed by atoms with Crippen LogP contribution >= 0.6 is 0 Å². The van der Waals surface area contributed by atoms with Gasteiger partial charge >= 0.3 is 0 Å². The number of pyridine rings is 2. The van der Waals surface area contributed by atoms with E-state index in [4.69, 9.17) is 9.97 Å². The summed E-state index contributed by atoms with van der Waals surface area (Å²) in [5.41, 5.74) is 4.85. The van der Waals surface area contributed by atoms with E-state index in [2.05, 4.69) is 37.7 Å². The average Bonchev–Trinajstić information content (AvgIpc) is 3.47. The van der Waals surface area contributed by atoms with Crippen LogP contribution in [-0.2, 0) is 0 Å². The highest BCUT2D eigenvalue weighted by atomic mass is 16.3. The molecule has 0 amide bonds. The molecule has 1 aromatic carbocycles. The molecule has 5 aromatic rings. The van der Waals surface area contributed by atoms with Crippen LogP contribution in [0.5, 0.6) is 0 Å². The maximum Gasteiger partial charge on any atom is 0.161 e. The Balaban J connectivity index is 1.42. The van der Waals surface area contributed by atoms with Crippen LogP contribution in [0.15, 0.2) is 48.9 Å². The third-order valence-corrected chi connectivity index (χ3v) is 8.92. The van der Waals surface area contributed by atoms with Crippen molar-refractivity contribution in [1.82, 2.24) is 35.6 Å². The Morgan fingerprint density at radius 1 is 0.946 bits per heavy atom. The van der Waals surface area contributed by atoms with Gasteiger partial charge < -0.3 is 20.7 Å². The summed E-state index contributed by atoms with van der Waals surface area (Å²) in [5.74, 6) is 1.12. The van der Waals surface area contributed by atoms with Crippen LogP contribution in [0, 0.1) is 0 Å². The van der Waals surface area contributed by atoms with Gasteiger partial charge in [-0.25, -0.2) is 15.0 Å². The molecule has 3 aliphatic rings. The van der Waals surface area contributed by atoms with Gasteiger partial charge in [-0.1, -0.05) is 24.6 Å². The van der Waals surface area contributed by atoms with Gasteiger partial charge in [0.1, 0.15) is 11.2 Å². The van der Waals surface area contributed by atoms with Crippen molar-refractivity contribution in [2.24, 2.45) is 0 Å². The molecule has 4 N–H and O–H groups in total. The zero-order valence-electron chi connectivity index (χ0n) is 20.5. The van der Waals surface area contributed by atoms with E-state index in [0.29, 0.717) is 18.2 Å². The fourth-order valence-corrected chi connectivity index (χ4v) is 6.83. The topological polar surface area (TPSA) is 112 Å². The summed E-state index contributed by atoms with van der Waals surface area (Å²) in [5, 5.41) is 22.4. The number of hydrogen-bond acceptors (Lipinski definition) is 7. The standard InChI is InChI=1S/C29H29N7O/c37-29-10-13-31-22(29)9-12-32-26(29)25-24-19(16-4-3-5-16)14-30-15-21(24)35-27(36-25)18-8-11-33-28-23(18)17-6-1-2-7-20(17)34-28/h1-2,6-8,11,14-16,22,26,31-32,37H,3-5,9-10,12-13H2,(H,33,34)/t22-,26?,29-/m0/s1. The van der Waals surface area contributed by atoms with E-state index in [1.54, 1.807) is 0 Å². The molecular weight excluding hydrogens is 462 g/mol. The number of rotatable bonds is 3. The molecule has 2 aliphatic heterocycles. The molecule has 0 spiro atoms. The second-order valence-corrected chi connectivity index (χ2v) is 10.9. The Bertz CT molecular complexity index is 1680. The van der Waals surface area contributed by atoms with E-state index in [-0.39, 0.29) is 12.1 Å². The maximum atomic E-state index is 12.0. The van der Waals surface area contributed by atoms with E-state index in [0.717, 1.165) is 76.4 Å². The first-order chi connectivity index (χ1) is 18.2. The third-order valence-electron chi connectivity index (χ3n) is 8.92. The second kappa shape index (κ2) is 8.02. The fraction of sp³-hybridized carbons (Fsp3) is 0.379. The minimum absolute atomic E-state index is 0.0578. The smallest absolute Gasteiger partial charge is 0.161 e. The number of para-hydroxylation sites is 1. The van der Waals surface area contributed by atoms with E-state index >= 15 is 0 Å². The minimum Gasteiger partial charge on any atom is -0.386 e. The number of nitrogens with zero attached hydrogens (tertiary/aromatic N) is 4. The zero-order valence-corrected chi connectivity index (χ0v) is 20.5. The normalized spacial score (nSPS) is 26.1. The van der Waals surface area contributed by atoms with Crippen molar-refractivity contribution in [3.8, 4) is 11.4 Å².